The Morgan fingerprint density at radius 2 is 2.29 bits per heavy atom. The molecule has 100 valence electrons. The lowest BCUT2D eigenvalue weighted by Gasteiger charge is -2.28. The van der Waals surface area contributed by atoms with Crippen molar-refractivity contribution >= 4 is 5.97 Å². The van der Waals surface area contributed by atoms with Crippen LogP contribution >= 0.6 is 0 Å². The molecule has 0 unspecified atom stereocenters. The topological polar surface area (TPSA) is 65.0 Å². The van der Waals surface area contributed by atoms with Crippen LogP contribution in [0.2, 0.25) is 0 Å². The largest absolute Gasteiger partial charge is 0.464 e. The second-order valence-corrected chi connectivity index (χ2v) is 4.61. The van der Waals surface area contributed by atoms with Gasteiger partial charge in [-0.2, -0.15) is 0 Å². The Labute approximate surface area is 99.8 Å². The third kappa shape index (κ3) is 3.14. The van der Waals surface area contributed by atoms with Gasteiger partial charge in [-0.05, 0) is 27.7 Å². The van der Waals surface area contributed by atoms with E-state index < -0.39 is 29.6 Å². The van der Waals surface area contributed by atoms with E-state index in [0.717, 1.165) is 6.92 Å². The number of ether oxygens (including phenoxy) is 3. The summed E-state index contributed by atoms with van der Waals surface area (Å²) in [5.74, 6) is -1.98. The summed E-state index contributed by atoms with van der Waals surface area (Å²) in [6, 6.07) is 0. The highest BCUT2D eigenvalue weighted by atomic mass is 19.1. The molecule has 0 radical (unpaired) electrons. The fourth-order valence-corrected chi connectivity index (χ4v) is 1.61. The Morgan fingerprint density at radius 3 is 2.71 bits per heavy atom. The molecule has 1 heterocycles. The Kier molecular flexibility index (Phi) is 4.11. The first-order valence-electron chi connectivity index (χ1n) is 5.56. The molecule has 1 fully saturated rings. The molecule has 1 aliphatic rings. The highest BCUT2D eigenvalue weighted by molar-refractivity contribution is 5.79. The van der Waals surface area contributed by atoms with E-state index in [0.29, 0.717) is 0 Å². The minimum Gasteiger partial charge on any atom is -0.464 e. The molecule has 1 N–H and O–H groups in total. The second-order valence-electron chi connectivity index (χ2n) is 4.61. The molecule has 0 aromatic heterocycles. The molecule has 0 bridgehead atoms. The van der Waals surface area contributed by atoms with Crippen molar-refractivity contribution in [1.82, 2.24) is 0 Å². The number of carbonyl (C=O) groups is 1. The first kappa shape index (κ1) is 14.3. The number of hydrogen-bond donors (Lipinski definition) is 1. The summed E-state index contributed by atoms with van der Waals surface area (Å²) in [5.41, 5.74) is -2.51. The zero-order valence-corrected chi connectivity index (χ0v) is 10.5. The van der Waals surface area contributed by atoms with E-state index in [4.69, 9.17) is 9.47 Å². The molecular weight excluding hydrogens is 231 g/mol. The van der Waals surface area contributed by atoms with E-state index in [1.54, 1.807) is 20.8 Å². The van der Waals surface area contributed by atoms with Gasteiger partial charge in [0.2, 0.25) is 5.67 Å². The van der Waals surface area contributed by atoms with Crippen LogP contribution in [0, 0.1) is 0 Å². The molecule has 0 aromatic rings. The number of rotatable bonds is 4. The lowest BCUT2D eigenvalue weighted by Crippen LogP contribution is -2.51. The van der Waals surface area contributed by atoms with E-state index in [-0.39, 0.29) is 13.2 Å². The summed E-state index contributed by atoms with van der Waals surface area (Å²) >= 11 is 0. The van der Waals surface area contributed by atoms with Crippen LogP contribution in [0.15, 0.2) is 0 Å². The molecule has 1 saturated heterocycles. The predicted molar refractivity (Wildman–Crippen MR) is 57.1 cm³/mol. The monoisotopic (exact) mass is 250 g/mol. The van der Waals surface area contributed by atoms with Gasteiger partial charge in [-0.3, -0.25) is 0 Å². The third-order valence-electron chi connectivity index (χ3n) is 2.61. The smallest absolute Gasteiger partial charge is 0.346 e. The molecule has 0 aromatic carbocycles. The van der Waals surface area contributed by atoms with Crippen molar-refractivity contribution in [3.8, 4) is 0 Å². The van der Waals surface area contributed by atoms with Crippen molar-refractivity contribution in [3.63, 3.8) is 0 Å². The number of alkyl halides is 1. The van der Waals surface area contributed by atoms with Gasteiger partial charge in [-0.15, -0.1) is 0 Å². The minimum absolute atomic E-state index is 0.0348. The highest BCUT2D eigenvalue weighted by Crippen LogP contribution is 2.30. The van der Waals surface area contributed by atoms with Crippen LogP contribution in [0.4, 0.5) is 4.39 Å². The average Bonchev–Trinajstić information content (AvgIpc) is 2.58. The maximum atomic E-state index is 14.1. The molecule has 3 atom stereocenters. The van der Waals surface area contributed by atoms with Gasteiger partial charge in [-0.1, -0.05) is 0 Å². The van der Waals surface area contributed by atoms with E-state index >= 15 is 0 Å². The van der Waals surface area contributed by atoms with Gasteiger partial charge >= 0.3 is 5.97 Å². The van der Waals surface area contributed by atoms with Crippen LogP contribution in [-0.4, -0.2) is 48.0 Å². The number of esters is 1. The Morgan fingerprint density at radius 1 is 1.71 bits per heavy atom. The number of aliphatic hydroxyl groups excluding tert-OH is 1. The van der Waals surface area contributed by atoms with Crippen molar-refractivity contribution in [1.29, 1.82) is 0 Å². The summed E-state index contributed by atoms with van der Waals surface area (Å²) in [7, 11) is 0. The van der Waals surface area contributed by atoms with E-state index in [2.05, 4.69) is 4.74 Å². The van der Waals surface area contributed by atoms with Crippen molar-refractivity contribution in [2.45, 2.75) is 51.4 Å². The lowest BCUT2D eigenvalue weighted by molar-refractivity contribution is -0.183. The average molecular weight is 250 g/mol. The third-order valence-corrected chi connectivity index (χ3v) is 2.61. The van der Waals surface area contributed by atoms with Crippen LogP contribution in [0.1, 0.15) is 27.7 Å². The SMILES string of the molecule is CCOC(=O)[C@](C)(F)[C@H](O)[C@H]1COC(C)(C)O1. The molecule has 17 heavy (non-hydrogen) atoms. The Hall–Kier alpha value is -0.720. The first-order chi connectivity index (χ1) is 7.70. The van der Waals surface area contributed by atoms with Crippen molar-refractivity contribution in [2.24, 2.45) is 0 Å². The van der Waals surface area contributed by atoms with Crippen molar-refractivity contribution in [2.75, 3.05) is 13.2 Å². The van der Waals surface area contributed by atoms with Gasteiger partial charge in [0.25, 0.3) is 0 Å². The maximum Gasteiger partial charge on any atom is 0.346 e. The van der Waals surface area contributed by atoms with Crippen LogP contribution in [0.3, 0.4) is 0 Å². The number of hydrogen-bond acceptors (Lipinski definition) is 5. The number of aliphatic hydroxyl groups is 1. The van der Waals surface area contributed by atoms with Gasteiger partial charge in [0.15, 0.2) is 5.79 Å². The molecule has 0 spiro atoms. The summed E-state index contributed by atoms with van der Waals surface area (Å²) in [6.07, 6.45) is -2.51. The maximum absolute atomic E-state index is 14.1. The van der Waals surface area contributed by atoms with E-state index in [9.17, 15) is 14.3 Å². The first-order valence-corrected chi connectivity index (χ1v) is 5.56. The molecule has 0 saturated carbocycles. The zero-order chi connectivity index (χ0) is 13.3. The molecule has 6 heteroatoms. The molecule has 0 aliphatic carbocycles. The van der Waals surface area contributed by atoms with Crippen LogP contribution in [0.5, 0.6) is 0 Å². The molecule has 1 aliphatic heterocycles. The number of carbonyl (C=O) groups excluding carboxylic acids is 1. The van der Waals surface area contributed by atoms with Gasteiger partial charge in [0.1, 0.15) is 12.2 Å². The van der Waals surface area contributed by atoms with Crippen LogP contribution in [0.25, 0.3) is 0 Å². The van der Waals surface area contributed by atoms with Crippen molar-refractivity contribution < 1.29 is 28.5 Å². The highest BCUT2D eigenvalue weighted by Gasteiger charge is 2.50. The molecular formula is C11H19FO5. The summed E-state index contributed by atoms with van der Waals surface area (Å²) in [4.78, 5) is 11.4. The van der Waals surface area contributed by atoms with Gasteiger partial charge in [0, 0.05) is 0 Å². The standard InChI is InChI=1S/C11H19FO5/c1-5-15-9(14)11(4,12)8(13)7-6-16-10(2,3)17-7/h7-8,13H,5-6H2,1-4H3/t7-,8-,11-/m1/s1. The quantitative estimate of drug-likeness (QED) is 0.747. The lowest BCUT2D eigenvalue weighted by atomic mass is 9.97. The van der Waals surface area contributed by atoms with Gasteiger partial charge < -0.3 is 19.3 Å². The zero-order valence-electron chi connectivity index (χ0n) is 10.5. The Bertz CT molecular complexity index is 290. The minimum atomic E-state index is -2.51. The second kappa shape index (κ2) is 4.88. The fraction of sp³-hybridized carbons (Fsp3) is 0.909. The summed E-state index contributed by atoms with van der Waals surface area (Å²) < 4.78 is 29.2. The Balaban J connectivity index is 2.69. The molecule has 5 nitrogen and oxygen atoms in total. The summed E-state index contributed by atoms with van der Waals surface area (Å²) in [5, 5.41) is 9.83. The summed E-state index contributed by atoms with van der Waals surface area (Å²) in [6.45, 7) is 5.94. The van der Waals surface area contributed by atoms with E-state index in [1.807, 2.05) is 0 Å². The molecule has 0 amide bonds. The fourth-order valence-electron chi connectivity index (χ4n) is 1.61. The van der Waals surface area contributed by atoms with Crippen LogP contribution in [-0.2, 0) is 19.0 Å². The number of halogens is 1. The predicted octanol–water partition coefficient (Wildman–Crippen LogP) is 0.790. The van der Waals surface area contributed by atoms with Gasteiger partial charge in [-0.25, -0.2) is 9.18 Å². The van der Waals surface area contributed by atoms with E-state index in [1.165, 1.54) is 0 Å². The normalized spacial score (nSPS) is 28.5. The van der Waals surface area contributed by atoms with Gasteiger partial charge in [0.05, 0.1) is 13.2 Å². The van der Waals surface area contributed by atoms with Crippen LogP contribution < -0.4 is 0 Å². The molecule has 1 rings (SSSR count). The van der Waals surface area contributed by atoms with Crippen molar-refractivity contribution in [3.05, 3.63) is 0 Å².